The number of piperazine rings is 1. The second-order valence-electron chi connectivity index (χ2n) is 10.7. The summed E-state index contributed by atoms with van der Waals surface area (Å²) >= 11 is 0. The lowest BCUT2D eigenvalue weighted by Crippen LogP contribution is -2.44. The Bertz CT molecular complexity index is 1240. The predicted molar refractivity (Wildman–Crippen MR) is 136 cm³/mol. The SMILES string of the molecule is CC(C)Cc1nc(-c2cn(CC3CCCCC3)c3cc(N4CCN(C)CC4)c(F)cc3c2=O)no1. The summed E-state index contributed by atoms with van der Waals surface area (Å²) in [5.41, 5.74) is 1.49. The Kier molecular flexibility index (Phi) is 6.91. The second kappa shape index (κ2) is 10.1. The van der Waals surface area contributed by atoms with Crippen molar-refractivity contribution in [1.82, 2.24) is 19.6 Å². The fraction of sp³-hybridized carbons (Fsp3) is 0.593. The number of nitrogens with zero attached hydrogens (tertiary/aromatic N) is 5. The molecule has 5 rings (SSSR count). The Morgan fingerprint density at radius 3 is 2.57 bits per heavy atom. The first-order chi connectivity index (χ1) is 16.9. The highest BCUT2D eigenvalue weighted by molar-refractivity contribution is 5.86. The molecule has 0 bridgehead atoms. The Morgan fingerprint density at radius 1 is 1.11 bits per heavy atom. The van der Waals surface area contributed by atoms with Crippen LogP contribution in [0.3, 0.4) is 0 Å². The van der Waals surface area contributed by atoms with Gasteiger partial charge in [0.1, 0.15) is 5.82 Å². The van der Waals surface area contributed by atoms with Gasteiger partial charge in [-0.05, 0) is 43.9 Å². The molecule has 8 heteroatoms. The molecule has 7 nitrogen and oxygen atoms in total. The topological polar surface area (TPSA) is 67.4 Å². The van der Waals surface area contributed by atoms with Gasteiger partial charge in [-0.15, -0.1) is 0 Å². The highest BCUT2D eigenvalue weighted by Gasteiger charge is 2.23. The van der Waals surface area contributed by atoms with Crippen LogP contribution in [0.2, 0.25) is 0 Å². The lowest BCUT2D eigenvalue weighted by atomic mass is 9.89. The number of anilines is 1. The van der Waals surface area contributed by atoms with Crippen LogP contribution in [0.5, 0.6) is 0 Å². The second-order valence-corrected chi connectivity index (χ2v) is 10.7. The van der Waals surface area contributed by atoms with Crippen LogP contribution in [0.25, 0.3) is 22.3 Å². The van der Waals surface area contributed by atoms with E-state index < -0.39 is 0 Å². The molecule has 0 amide bonds. The number of halogens is 1. The summed E-state index contributed by atoms with van der Waals surface area (Å²) < 4.78 is 23.0. The standard InChI is InChI=1S/C27H36FN5O2/c1-18(2)13-25-29-27(30-35-25)21-17-33(16-19-7-5-4-6-8-19)23-15-24(22(28)14-20(23)26(21)34)32-11-9-31(3)10-12-32/h14-15,17-19H,4-13,16H2,1-3H3. The van der Waals surface area contributed by atoms with Crippen LogP contribution in [0.4, 0.5) is 10.1 Å². The maximum absolute atomic E-state index is 15.4. The number of hydrogen-bond acceptors (Lipinski definition) is 6. The molecule has 1 aliphatic carbocycles. The van der Waals surface area contributed by atoms with Crippen LogP contribution in [-0.2, 0) is 13.0 Å². The summed E-state index contributed by atoms with van der Waals surface area (Å²) in [7, 11) is 2.09. The van der Waals surface area contributed by atoms with Gasteiger partial charge in [0.15, 0.2) is 0 Å². The lowest BCUT2D eigenvalue weighted by molar-refractivity contribution is 0.311. The minimum atomic E-state index is -0.353. The van der Waals surface area contributed by atoms with E-state index in [9.17, 15) is 4.79 Å². The minimum Gasteiger partial charge on any atom is -0.367 e. The molecule has 3 aromatic rings. The van der Waals surface area contributed by atoms with Gasteiger partial charge in [0.05, 0.1) is 16.8 Å². The first-order valence-electron chi connectivity index (χ1n) is 13.0. The Labute approximate surface area is 205 Å². The number of fused-ring (bicyclic) bond motifs is 1. The van der Waals surface area contributed by atoms with Crippen LogP contribution in [0, 0.1) is 17.7 Å². The van der Waals surface area contributed by atoms with E-state index in [1.54, 1.807) is 0 Å². The molecule has 0 spiro atoms. The molecular formula is C27H36FN5O2. The zero-order valence-electron chi connectivity index (χ0n) is 21.1. The van der Waals surface area contributed by atoms with Gasteiger partial charge in [0.25, 0.3) is 0 Å². The quantitative estimate of drug-likeness (QED) is 0.508. The first kappa shape index (κ1) is 24.0. The van der Waals surface area contributed by atoms with Gasteiger partial charge in [-0.25, -0.2) is 4.39 Å². The molecule has 0 radical (unpaired) electrons. The Morgan fingerprint density at radius 2 is 1.86 bits per heavy atom. The average Bonchev–Trinajstić information content (AvgIpc) is 3.29. The monoisotopic (exact) mass is 481 g/mol. The van der Waals surface area contributed by atoms with Crippen molar-refractivity contribution in [3.63, 3.8) is 0 Å². The molecule has 3 heterocycles. The fourth-order valence-corrected chi connectivity index (χ4v) is 5.44. The predicted octanol–water partition coefficient (Wildman–Crippen LogP) is 4.72. The van der Waals surface area contributed by atoms with E-state index in [2.05, 4.69) is 45.4 Å². The summed E-state index contributed by atoms with van der Waals surface area (Å²) in [5, 5.41) is 4.49. The molecule has 0 atom stereocenters. The molecule has 1 saturated carbocycles. The Balaban J connectivity index is 1.61. The van der Waals surface area contributed by atoms with Crippen LogP contribution < -0.4 is 10.3 Å². The Hall–Kier alpha value is -2.74. The van der Waals surface area contributed by atoms with Crippen molar-refractivity contribution in [3.8, 4) is 11.4 Å². The van der Waals surface area contributed by atoms with Crippen molar-refractivity contribution in [2.45, 2.75) is 58.9 Å². The highest BCUT2D eigenvalue weighted by Crippen LogP contribution is 2.30. The number of likely N-dealkylation sites (N-methyl/N-ethyl adjacent to an activating group) is 1. The van der Waals surface area contributed by atoms with Gasteiger partial charge in [0, 0.05) is 50.7 Å². The van der Waals surface area contributed by atoms with Gasteiger partial charge < -0.3 is 18.9 Å². The van der Waals surface area contributed by atoms with Gasteiger partial charge in [0.2, 0.25) is 17.1 Å². The van der Waals surface area contributed by atoms with Gasteiger partial charge in [-0.3, -0.25) is 4.79 Å². The van der Waals surface area contributed by atoms with E-state index in [1.165, 1.54) is 38.2 Å². The van der Waals surface area contributed by atoms with Crippen molar-refractivity contribution < 1.29 is 8.91 Å². The molecule has 188 valence electrons. The number of pyridine rings is 1. The summed E-state index contributed by atoms with van der Waals surface area (Å²) in [4.78, 5) is 22.4. The normalized spacial score (nSPS) is 18.1. The van der Waals surface area contributed by atoms with Gasteiger partial charge >= 0.3 is 0 Å². The van der Waals surface area contributed by atoms with Crippen LogP contribution in [0.1, 0.15) is 51.8 Å². The highest BCUT2D eigenvalue weighted by atomic mass is 19.1. The largest absolute Gasteiger partial charge is 0.367 e. The van der Waals surface area contributed by atoms with Gasteiger partial charge in [-0.2, -0.15) is 4.98 Å². The summed E-state index contributed by atoms with van der Waals surface area (Å²) in [6, 6.07) is 3.30. The minimum absolute atomic E-state index is 0.249. The maximum atomic E-state index is 15.4. The third-order valence-corrected chi connectivity index (χ3v) is 7.46. The molecule has 2 fully saturated rings. The third kappa shape index (κ3) is 5.13. The molecule has 1 aromatic carbocycles. The smallest absolute Gasteiger partial charge is 0.227 e. The first-order valence-corrected chi connectivity index (χ1v) is 13.0. The lowest BCUT2D eigenvalue weighted by Gasteiger charge is -2.34. The van der Waals surface area contributed by atoms with E-state index in [1.807, 2.05) is 12.3 Å². The average molecular weight is 482 g/mol. The molecule has 1 aliphatic heterocycles. The van der Waals surface area contributed by atoms with Crippen molar-refractivity contribution in [2.75, 3.05) is 38.1 Å². The number of benzene rings is 1. The van der Waals surface area contributed by atoms with Crippen molar-refractivity contribution in [2.24, 2.45) is 11.8 Å². The summed E-state index contributed by atoms with van der Waals surface area (Å²) in [5.74, 6) is 1.36. The fourth-order valence-electron chi connectivity index (χ4n) is 5.44. The molecule has 2 aromatic heterocycles. The molecule has 35 heavy (non-hydrogen) atoms. The zero-order valence-corrected chi connectivity index (χ0v) is 21.1. The molecule has 1 saturated heterocycles. The third-order valence-electron chi connectivity index (χ3n) is 7.46. The van der Waals surface area contributed by atoms with Gasteiger partial charge in [-0.1, -0.05) is 38.3 Å². The number of hydrogen-bond donors (Lipinski definition) is 0. The van der Waals surface area contributed by atoms with Crippen LogP contribution >= 0.6 is 0 Å². The molecule has 0 unspecified atom stereocenters. The van der Waals surface area contributed by atoms with E-state index in [-0.39, 0.29) is 17.1 Å². The number of aromatic nitrogens is 3. The van der Waals surface area contributed by atoms with Crippen molar-refractivity contribution >= 4 is 16.6 Å². The van der Waals surface area contributed by atoms with E-state index in [0.29, 0.717) is 40.8 Å². The maximum Gasteiger partial charge on any atom is 0.227 e. The van der Waals surface area contributed by atoms with Crippen molar-refractivity contribution in [3.05, 3.63) is 40.3 Å². The van der Waals surface area contributed by atoms with Crippen molar-refractivity contribution in [1.29, 1.82) is 0 Å². The van der Waals surface area contributed by atoms with E-state index >= 15 is 4.39 Å². The van der Waals surface area contributed by atoms with Crippen LogP contribution in [0.15, 0.2) is 27.6 Å². The summed E-state index contributed by atoms with van der Waals surface area (Å²) in [6.45, 7) is 8.28. The molecular weight excluding hydrogens is 445 g/mol. The van der Waals surface area contributed by atoms with E-state index in [4.69, 9.17) is 4.52 Å². The number of rotatable bonds is 6. The summed E-state index contributed by atoms with van der Waals surface area (Å²) in [6.07, 6.45) is 8.63. The zero-order chi connectivity index (χ0) is 24.5. The molecule has 2 aliphatic rings. The molecule has 0 N–H and O–H groups in total. The van der Waals surface area contributed by atoms with E-state index in [0.717, 1.165) is 38.2 Å². The van der Waals surface area contributed by atoms with Crippen LogP contribution in [-0.4, -0.2) is 52.8 Å².